The van der Waals surface area contributed by atoms with Gasteiger partial charge in [0, 0.05) is 25.1 Å². The summed E-state index contributed by atoms with van der Waals surface area (Å²) in [6.45, 7) is 1.65. The van der Waals surface area contributed by atoms with E-state index in [2.05, 4.69) is 5.10 Å². The van der Waals surface area contributed by atoms with Gasteiger partial charge < -0.3 is 14.2 Å². The Bertz CT molecular complexity index is 1770. The molecule has 10 nitrogen and oxygen atoms in total. The number of thiazole rings is 1. The number of methoxy groups -OCH3 is 1. The Morgan fingerprint density at radius 2 is 1.83 bits per heavy atom. The van der Waals surface area contributed by atoms with Crippen LogP contribution in [0.4, 0.5) is 11.4 Å². The predicted molar refractivity (Wildman–Crippen MR) is 140 cm³/mol. The second kappa shape index (κ2) is 8.62. The minimum absolute atomic E-state index is 0.177. The number of anilines is 2. The zero-order valence-electron chi connectivity index (χ0n) is 19.5. The molecule has 36 heavy (non-hydrogen) atoms. The summed E-state index contributed by atoms with van der Waals surface area (Å²) in [6, 6.07) is 11.0. The largest absolute Gasteiger partial charge is 0.497 e. The maximum absolute atomic E-state index is 13.4. The number of thioether (sulfide) groups is 1. The number of carbonyl (C=O) groups is 1. The van der Waals surface area contributed by atoms with Crippen LogP contribution >= 0.6 is 23.1 Å². The number of rotatable bonds is 3. The highest BCUT2D eigenvalue weighted by Crippen LogP contribution is 2.46. The first-order valence-corrected chi connectivity index (χ1v) is 13.6. The van der Waals surface area contributed by atoms with Gasteiger partial charge in [0.15, 0.2) is 0 Å². The molecule has 186 valence electrons. The van der Waals surface area contributed by atoms with Crippen molar-refractivity contribution in [2.75, 3.05) is 24.1 Å². The molecule has 0 aliphatic carbocycles. The van der Waals surface area contributed by atoms with Crippen molar-refractivity contribution >= 4 is 66.8 Å². The number of carbonyl (C=O) groups excluding carboxylic acids is 1. The SMILES string of the molecule is COc1ccc2c(c1)N(C)C(=c1sc(=C3C(=O)N(c4cccc(S(=O)(=O)O)c4)N=C3C)n(C)c1=O)S2. The topological polar surface area (TPSA) is 122 Å². The summed E-state index contributed by atoms with van der Waals surface area (Å²) in [5.41, 5.74) is 1.47. The minimum Gasteiger partial charge on any atom is -0.497 e. The van der Waals surface area contributed by atoms with E-state index in [1.54, 1.807) is 21.1 Å². The summed E-state index contributed by atoms with van der Waals surface area (Å²) in [5, 5.41) is 6.12. The minimum atomic E-state index is -4.46. The van der Waals surface area contributed by atoms with Crippen LogP contribution in [-0.4, -0.2) is 43.3 Å². The lowest BCUT2D eigenvalue weighted by molar-refractivity contribution is -0.112. The molecule has 0 atom stereocenters. The second-order valence-corrected chi connectivity index (χ2v) is 11.5. The summed E-state index contributed by atoms with van der Waals surface area (Å²) >= 11 is 2.66. The number of aromatic nitrogens is 1. The van der Waals surface area contributed by atoms with Gasteiger partial charge in [0.05, 0.1) is 34.7 Å². The van der Waals surface area contributed by atoms with Gasteiger partial charge in [-0.15, -0.1) is 11.3 Å². The van der Waals surface area contributed by atoms with Crippen LogP contribution in [0.25, 0.3) is 10.6 Å². The Hall–Kier alpha value is -3.39. The van der Waals surface area contributed by atoms with Crippen molar-refractivity contribution in [1.29, 1.82) is 0 Å². The van der Waals surface area contributed by atoms with Crippen LogP contribution in [0.2, 0.25) is 0 Å². The zero-order chi connectivity index (χ0) is 25.9. The number of hydrazone groups is 1. The van der Waals surface area contributed by atoms with Crippen molar-refractivity contribution < 1.29 is 22.5 Å². The molecular formula is C23H20N4O6S3. The Morgan fingerprint density at radius 1 is 1.08 bits per heavy atom. The van der Waals surface area contributed by atoms with Crippen LogP contribution in [0, 0.1) is 0 Å². The number of fused-ring (bicyclic) bond motifs is 1. The highest BCUT2D eigenvalue weighted by Gasteiger charge is 2.32. The number of ether oxygens (including phenoxy) is 1. The zero-order valence-corrected chi connectivity index (χ0v) is 22.0. The fraction of sp³-hybridized carbons (Fsp3) is 0.174. The molecule has 5 rings (SSSR count). The highest BCUT2D eigenvalue weighted by atomic mass is 32.2. The van der Waals surface area contributed by atoms with E-state index in [0.717, 1.165) is 26.7 Å². The fourth-order valence-corrected chi connectivity index (χ4v) is 6.99. The third-order valence-electron chi connectivity index (χ3n) is 5.83. The van der Waals surface area contributed by atoms with Crippen LogP contribution in [0.5, 0.6) is 5.75 Å². The molecule has 2 aliphatic heterocycles. The first-order valence-electron chi connectivity index (χ1n) is 10.5. The molecule has 0 unspecified atom stereocenters. The van der Waals surface area contributed by atoms with Gasteiger partial charge in [-0.05, 0) is 37.3 Å². The Labute approximate surface area is 214 Å². The summed E-state index contributed by atoms with van der Waals surface area (Å²) in [6.07, 6.45) is 0. The van der Waals surface area contributed by atoms with E-state index in [0.29, 0.717) is 20.7 Å². The van der Waals surface area contributed by atoms with Crippen molar-refractivity contribution in [1.82, 2.24) is 4.57 Å². The Kier molecular flexibility index (Phi) is 5.82. The molecule has 0 bridgehead atoms. The average Bonchev–Trinajstić information content (AvgIpc) is 3.44. The van der Waals surface area contributed by atoms with Crippen LogP contribution < -0.4 is 29.4 Å². The van der Waals surface area contributed by atoms with E-state index in [1.807, 2.05) is 30.1 Å². The lowest BCUT2D eigenvalue weighted by Crippen LogP contribution is -2.33. The van der Waals surface area contributed by atoms with E-state index in [1.165, 1.54) is 45.9 Å². The van der Waals surface area contributed by atoms with E-state index in [-0.39, 0.29) is 21.7 Å². The van der Waals surface area contributed by atoms with Gasteiger partial charge in [-0.3, -0.25) is 14.1 Å². The maximum atomic E-state index is 13.4. The normalized spacial score (nSPS) is 18.6. The van der Waals surface area contributed by atoms with Gasteiger partial charge >= 0.3 is 0 Å². The summed E-state index contributed by atoms with van der Waals surface area (Å²) in [7, 11) is 0.611. The van der Waals surface area contributed by atoms with Crippen molar-refractivity contribution in [3.05, 3.63) is 62.0 Å². The number of hydrogen-bond donors (Lipinski definition) is 1. The number of hydrogen-bond acceptors (Lipinski definition) is 9. The number of amides is 1. The number of benzene rings is 2. The first kappa shape index (κ1) is 24.3. The van der Waals surface area contributed by atoms with E-state index in [9.17, 15) is 22.6 Å². The first-order chi connectivity index (χ1) is 17.0. The number of nitrogens with zero attached hydrogens (tertiary/aromatic N) is 4. The summed E-state index contributed by atoms with van der Waals surface area (Å²) in [5.74, 6) is 0.202. The van der Waals surface area contributed by atoms with Gasteiger partial charge in [-0.2, -0.15) is 18.5 Å². The quantitative estimate of drug-likeness (QED) is 0.494. The van der Waals surface area contributed by atoms with Crippen molar-refractivity contribution in [2.24, 2.45) is 12.1 Å². The van der Waals surface area contributed by atoms with Crippen LogP contribution in [0.3, 0.4) is 0 Å². The molecule has 1 N–H and O–H groups in total. The average molecular weight is 545 g/mol. The molecule has 13 heteroatoms. The van der Waals surface area contributed by atoms with Gasteiger partial charge in [-0.25, -0.2) is 0 Å². The molecule has 2 aromatic carbocycles. The third-order valence-corrected chi connectivity index (χ3v) is 9.29. The molecule has 0 spiro atoms. The Morgan fingerprint density at radius 3 is 2.53 bits per heavy atom. The molecule has 2 aliphatic rings. The van der Waals surface area contributed by atoms with Crippen LogP contribution in [0.15, 0.2) is 62.2 Å². The highest BCUT2D eigenvalue weighted by molar-refractivity contribution is 8.08. The monoisotopic (exact) mass is 544 g/mol. The van der Waals surface area contributed by atoms with Crippen molar-refractivity contribution in [3.8, 4) is 5.75 Å². The standard InChI is InChI=1S/C23H20N4O6S3/c1-12-18(20(28)27(24-12)13-6-5-7-15(10-13)36(30,31)32)22-26(3)21(29)19(35-22)23-25(2)16-11-14(33-4)8-9-17(16)34-23/h5-11H,1-4H3,(H,30,31,32). The van der Waals surface area contributed by atoms with Gasteiger partial charge in [0.2, 0.25) is 0 Å². The smallest absolute Gasteiger partial charge is 0.294 e. The predicted octanol–water partition coefficient (Wildman–Crippen LogP) is 1.58. The maximum Gasteiger partial charge on any atom is 0.294 e. The molecule has 0 saturated heterocycles. The van der Waals surface area contributed by atoms with Crippen LogP contribution in [-0.2, 0) is 22.0 Å². The van der Waals surface area contributed by atoms with Gasteiger partial charge in [-0.1, -0.05) is 17.8 Å². The Balaban J connectivity index is 1.64. The second-order valence-electron chi connectivity index (χ2n) is 8.05. The van der Waals surface area contributed by atoms with E-state index < -0.39 is 16.0 Å². The molecule has 1 amide bonds. The molecule has 3 heterocycles. The molecule has 0 radical (unpaired) electrons. The molecule has 0 saturated carbocycles. The molecule has 0 fully saturated rings. The van der Waals surface area contributed by atoms with E-state index >= 15 is 0 Å². The van der Waals surface area contributed by atoms with Gasteiger partial charge in [0.25, 0.3) is 21.6 Å². The molecular weight excluding hydrogens is 524 g/mol. The summed E-state index contributed by atoms with van der Waals surface area (Å²) in [4.78, 5) is 29.2. The molecule has 3 aromatic rings. The van der Waals surface area contributed by atoms with Crippen LogP contribution in [0.1, 0.15) is 6.92 Å². The van der Waals surface area contributed by atoms with Crippen molar-refractivity contribution in [2.45, 2.75) is 16.7 Å². The van der Waals surface area contributed by atoms with Crippen molar-refractivity contribution in [3.63, 3.8) is 0 Å². The summed E-state index contributed by atoms with van der Waals surface area (Å²) < 4.78 is 40.1. The lowest BCUT2D eigenvalue weighted by Gasteiger charge is -2.13. The molecule has 1 aromatic heterocycles. The third kappa shape index (κ3) is 3.84. The lowest BCUT2D eigenvalue weighted by atomic mass is 10.2. The fourth-order valence-electron chi connectivity index (χ4n) is 3.96. The van der Waals surface area contributed by atoms with Gasteiger partial charge in [0.1, 0.15) is 20.0 Å². The van der Waals surface area contributed by atoms with E-state index in [4.69, 9.17) is 4.74 Å².